The summed E-state index contributed by atoms with van der Waals surface area (Å²) in [7, 11) is 0. The third kappa shape index (κ3) is 2.12. The molecule has 1 unspecified atom stereocenters. The fourth-order valence-corrected chi connectivity index (χ4v) is 1.90. The van der Waals surface area contributed by atoms with E-state index in [1.165, 1.54) is 12.1 Å². The highest BCUT2D eigenvalue weighted by atomic mass is 35.5. The number of halogens is 2. The van der Waals surface area contributed by atoms with Crippen LogP contribution in [-0.2, 0) is 5.54 Å². The van der Waals surface area contributed by atoms with Crippen molar-refractivity contribution >= 4 is 23.2 Å². The van der Waals surface area contributed by atoms with Gasteiger partial charge in [-0.1, -0.05) is 23.2 Å². The number of hydrogen-bond donors (Lipinski definition) is 3. The molecule has 5 heteroatoms. The summed E-state index contributed by atoms with van der Waals surface area (Å²) in [5, 5.41) is 19.2. The van der Waals surface area contributed by atoms with Crippen LogP contribution < -0.4 is 5.73 Å². The largest absolute Gasteiger partial charge is 0.507 e. The molecular formula is C9H11Cl2NO2. The molecule has 0 radical (unpaired) electrons. The SMILES string of the molecule is CC(N)(CO)c1c(O)cc(Cl)cc1Cl. The first-order chi connectivity index (χ1) is 6.38. The van der Waals surface area contributed by atoms with Gasteiger partial charge in [0.05, 0.1) is 17.2 Å². The van der Waals surface area contributed by atoms with Gasteiger partial charge in [0.1, 0.15) is 5.75 Å². The lowest BCUT2D eigenvalue weighted by atomic mass is 9.93. The fraction of sp³-hybridized carbons (Fsp3) is 0.333. The summed E-state index contributed by atoms with van der Waals surface area (Å²) in [5.41, 5.74) is 4.97. The molecule has 0 aliphatic heterocycles. The van der Waals surface area contributed by atoms with Crippen LogP contribution in [-0.4, -0.2) is 16.8 Å². The number of hydrogen-bond acceptors (Lipinski definition) is 3. The van der Waals surface area contributed by atoms with E-state index in [1.54, 1.807) is 6.92 Å². The van der Waals surface area contributed by atoms with Crippen LogP contribution >= 0.6 is 23.2 Å². The molecule has 1 atom stereocenters. The lowest BCUT2D eigenvalue weighted by Gasteiger charge is -2.24. The van der Waals surface area contributed by atoms with Crippen molar-refractivity contribution in [3.63, 3.8) is 0 Å². The average molecular weight is 236 g/mol. The van der Waals surface area contributed by atoms with Crippen LogP contribution in [0.5, 0.6) is 5.75 Å². The van der Waals surface area contributed by atoms with Crippen LogP contribution in [0.4, 0.5) is 0 Å². The molecule has 0 saturated carbocycles. The van der Waals surface area contributed by atoms with Crippen molar-refractivity contribution in [2.75, 3.05) is 6.61 Å². The van der Waals surface area contributed by atoms with E-state index in [1.807, 2.05) is 0 Å². The smallest absolute Gasteiger partial charge is 0.123 e. The molecule has 0 aromatic heterocycles. The molecule has 0 saturated heterocycles. The molecule has 0 bridgehead atoms. The highest BCUT2D eigenvalue weighted by Gasteiger charge is 2.26. The number of aliphatic hydroxyl groups excluding tert-OH is 1. The Hall–Kier alpha value is -0.480. The van der Waals surface area contributed by atoms with Gasteiger partial charge in [-0.3, -0.25) is 0 Å². The molecular weight excluding hydrogens is 225 g/mol. The predicted molar refractivity (Wildman–Crippen MR) is 56.8 cm³/mol. The van der Waals surface area contributed by atoms with E-state index in [4.69, 9.17) is 34.0 Å². The van der Waals surface area contributed by atoms with Gasteiger partial charge in [0.25, 0.3) is 0 Å². The predicted octanol–water partition coefficient (Wildman–Crippen LogP) is 1.87. The van der Waals surface area contributed by atoms with Crippen LogP contribution in [0, 0.1) is 0 Å². The minimum Gasteiger partial charge on any atom is -0.507 e. The Kier molecular flexibility index (Phi) is 3.27. The Labute approximate surface area is 92.1 Å². The minimum atomic E-state index is -1.08. The van der Waals surface area contributed by atoms with Crippen molar-refractivity contribution in [1.82, 2.24) is 0 Å². The first kappa shape index (κ1) is 11.6. The topological polar surface area (TPSA) is 66.5 Å². The van der Waals surface area contributed by atoms with Gasteiger partial charge in [-0.25, -0.2) is 0 Å². The van der Waals surface area contributed by atoms with Crippen LogP contribution in [0.3, 0.4) is 0 Å². The van der Waals surface area contributed by atoms with Crippen molar-refractivity contribution in [1.29, 1.82) is 0 Å². The molecule has 1 aromatic rings. The Morgan fingerprint density at radius 3 is 2.43 bits per heavy atom. The van der Waals surface area contributed by atoms with Crippen molar-refractivity contribution in [3.8, 4) is 5.75 Å². The standard InChI is InChI=1S/C9H11Cl2NO2/c1-9(12,4-13)8-6(11)2-5(10)3-7(8)14/h2-3,13-14H,4,12H2,1H3. The number of aliphatic hydroxyl groups is 1. The molecule has 0 aliphatic carbocycles. The molecule has 1 aromatic carbocycles. The zero-order chi connectivity index (χ0) is 10.9. The second-order valence-electron chi connectivity index (χ2n) is 3.36. The third-order valence-corrected chi connectivity index (χ3v) is 2.45. The molecule has 0 aliphatic rings. The van der Waals surface area contributed by atoms with Crippen molar-refractivity contribution in [2.24, 2.45) is 5.73 Å². The second-order valence-corrected chi connectivity index (χ2v) is 4.20. The summed E-state index contributed by atoms with van der Waals surface area (Å²) < 4.78 is 0. The maximum atomic E-state index is 9.58. The lowest BCUT2D eigenvalue weighted by Crippen LogP contribution is -2.37. The van der Waals surface area contributed by atoms with E-state index in [2.05, 4.69) is 0 Å². The Balaban J connectivity index is 3.35. The molecule has 1 rings (SSSR count). The van der Waals surface area contributed by atoms with Crippen molar-refractivity contribution in [3.05, 3.63) is 27.7 Å². The van der Waals surface area contributed by atoms with E-state index < -0.39 is 5.54 Å². The normalized spacial score (nSPS) is 15.2. The average Bonchev–Trinajstić information content (AvgIpc) is 2.01. The van der Waals surface area contributed by atoms with Gasteiger partial charge in [0.15, 0.2) is 0 Å². The van der Waals surface area contributed by atoms with Crippen molar-refractivity contribution in [2.45, 2.75) is 12.5 Å². The highest BCUT2D eigenvalue weighted by Crippen LogP contribution is 2.36. The van der Waals surface area contributed by atoms with E-state index in [0.717, 1.165) is 0 Å². The van der Waals surface area contributed by atoms with Crippen LogP contribution in [0.1, 0.15) is 12.5 Å². The number of aromatic hydroxyl groups is 1. The molecule has 3 nitrogen and oxygen atoms in total. The summed E-state index contributed by atoms with van der Waals surface area (Å²) >= 11 is 11.5. The summed E-state index contributed by atoms with van der Waals surface area (Å²) in [6, 6.07) is 2.81. The zero-order valence-electron chi connectivity index (χ0n) is 7.59. The highest BCUT2D eigenvalue weighted by molar-refractivity contribution is 6.35. The maximum Gasteiger partial charge on any atom is 0.123 e. The molecule has 78 valence electrons. The Morgan fingerprint density at radius 2 is 2.00 bits per heavy atom. The first-order valence-corrected chi connectivity index (χ1v) is 4.72. The first-order valence-electron chi connectivity index (χ1n) is 3.96. The summed E-state index contributed by atoms with van der Waals surface area (Å²) in [6.07, 6.45) is 0. The van der Waals surface area contributed by atoms with Crippen LogP contribution in [0.2, 0.25) is 10.0 Å². The Bertz CT molecular complexity index is 330. The monoisotopic (exact) mass is 235 g/mol. The Morgan fingerprint density at radius 1 is 1.43 bits per heavy atom. The lowest BCUT2D eigenvalue weighted by molar-refractivity contribution is 0.207. The van der Waals surface area contributed by atoms with Gasteiger partial charge in [0.2, 0.25) is 0 Å². The van der Waals surface area contributed by atoms with Gasteiger partial charge in [-0.05, 0) is 19.1 Å². The van der Waals surface area contributed by atoms with E-state index in [-0.39, 0.29) is 17.4 Å². The summed E-state index contributed by atoms with van der Waals surface area (Å²) in [4.78, 5) is 0. The molecule has 4 N–H and O–H groups in total. The number of nitrogens with two attached hydrogens (primary N) is 1. The number of benzene rings is 1. The van der Waals surface area contributed by atoms with E-state index in [9.17, 15) is 5.11 Å². The van der Waals surface area contributed by atoms with Gasteiger partial charge in [-0.2, -0.15) is 0 Å². The van der Waals surface area contributed by atoms with Gasteiger partial charge in [0, 0.05) is 10.6 Å². The number of phenols is 1. The van der Waals surface area contributed by atoms with Crippen LogP contribution in [0.25, 0.3) is 0 Å². The number of phenolic OH excluding ortho intramolecular Hbond substituents is 1. The van der Waals surface area contributed by atoms with E-state index >= 15 is 0 Å². The summed E-state index contributed by atoms with van der Waals surface area (Å²) in [5.74, 6) is -0.110. The molecule has 0 spiro atoms. The fourth-order valence-electron chi connectivity index (χ4n) is 1.20. The second kappa shape index (κ2) is 3.95. The zero-order valence-corrected chi connectivity index (χ0v) is 9.10. The molecule has 14 heavy (non-hydrogen) atoms. The summed E-state index contributed by atoms with van der Waals surface area (Å²) in [6.45, 7) is 1.25. The quantitative estimate of drug-likeness (QED) is 0.734. The molecule has 0 amide bonds. The van der Waals surface area contributed by atoms with E-state index in [0.29, 0.717) is 10.6 Å². The van der Waals surface area contributed by atoms with Gasteiger partial charge < -0.3 is 15.9 Å². The minimum absolute atomic E-state index is 0.110. The molecule has 0 heterocycles. The van der Waals surface area contributed by atoms with Crippen LogP contribution in [0.15, 0.2) is 12.1 Å². The van der Waals surface area contributed by atoms with Gasteiger partial charge >= 0.3 is 0 Å². The maximum absolute atomic E-state index is 9.58. The number of rotatable bonds is 2. The third-order valence-electron chi connectivity index (χ3n) is 1.93. The van der Waals surface area contributed by atoms with Gasteiger partial charge in [-0.15, -0.1) is 0 Å². The van der Waals surface area contributed by atoms with Crippen molar-refractivity contribution < 1.29 is 10.2 Å². The molecule has 0 fully saturated rings.